The summed E-state index contributed by atoms with van der Waals surface area (Å²) in [6.45, 7) is 2.09. The minimum absolute atomic E-state index is 0.152. The molecule has 7 heteroatoms. The van der Waals surface area contributed by atoms with Crippen molar-refractivity contribution in [2.24, 2.45) is 0 Å². The first-order valence-corrected chi connectivity index (χ1v) is 8.07. The second kappa shape index (κ2) is 6.60. The van der Waals surface area contributed by atoms with Gasteiger partial charge in [0.1, 0.15) is 11.6 Å². The molecule has 2 aromatic rings. The summed E-state index contributed by atoms with van der Waals surface area (Å²) in [5.41, 5.74) is 1.98. The highest BCUT2D eigenvalue weighted by Crippen LogP contribution is 2.27. The molecule has 5 nitrogen and oxygen atoms in total. The van der Waals surface area contributed by atoms with E-state index in [4.69, 9.17) is 4.74 Å². The molecule has 2 amide bonds. The van der Waals surface area contributed by atoms with Crippen LogP contribution in [-0.2, 0) is 11.3 Å². The molecule has 0 saturated heterocycles. The maximum absolute atomic E-state index is 13.1. The van der Waals surface area contributed by atoms with Crippen LogP contribution in [0.2, 0.25) is 0 Å². The molecule has 1 aliphatic heterocycles. The van der Waals surface area contributed by atoms with Gasteiger partial charge in [-0.2, -0.15) is 0 Å². The van der Waals surface area contributed by atoms with Crippen LogP contribution in [0.1, 0.15) is 22.8 Å². The average Bonchev–Trinajstić information content (AvgIpc) is 2.91. The van der Waals surface area contributed by atoms with E-state index in [0.717, 1.165) is 5.56 Å². The van der Waals surface area contributed by atoms with E-state index < -0.39 is 11.9 Å². The number of benzene rings is 2. The van der Waals surface area contributed by atoms with E-state index in [-0.39, 0.29) is 11.8 Å². The number of ether oxygens (including phenoxy) is 1. The summed E-state index contributed by atoms with van der Waals surface area (Å²) < 4.78 is 19.0. The highest BCUT2D eigenvalue weighted by Gasteiger charge is 2.21. The second-order valence-corrected chi connectivity index (χ2v) is 6.23. The van der Waals surface area contributed by atoms with Crippen LogP contribution in [0.5, 0.6) is 5.75 Å². The third-order valence-corrected chi connectivity index (χ3v) is 4.25. The molecule has 1 heterocycles. The van der Waals surface area contributed by atoms with Crippen molar-refractivity contribution in [3.8, 4) is 5.75 Å². The van der Waals surface area contributed by atoms with E-state index in [1.165, 1.54) is 18.2 Å². The molecule has 0 bridgehead atoms. The molecule has 2 N–H and O–H groups in total. The molecule has 0 spiro atoms. The van der Waals surface area contributed by atoms with Crippen LogP contribution in [0.3, 0.4) is 0 Å². The van der Waals surface area contributed by atoms with Crippen molar-refractivity contribution < 1.29 is 18.7 Å². The molecule has 0 aromatic heterocycles. The van der Waals surface area contributed by atoms with E-state index in [1.54, 1.807) is 25.1 Å². The number of hydrogen-bond acceptors (Lipinski definition) is 3. The average molecular weight is 393 g/mol. The van der Waals surface area contributed by atoms with Crippen molar-refractivity contribution in [3.63, 3.8) is 0 Å². The smallest absolute Gasteiger partial charge is 0.265 e. The van der Waals surface area contributed by atoms with Crippen LogP contribution >= 0.6 is 15.9 Å². The van der Waals surface area contributed by atoms with Crippen molar-refractivity contribution >= 4 is 33.4 Å². The Hall–Kier alpha value is -2.41. The van der Waals surface area contributed by atoms with E-state index in [2.05, 4.69) is 26.6 Å². The monoisotopic (exact) mass is 392 g/mol. The number of carbonyl (C=O) groups is 2. The summed E-state index contributed by atoms with van der Waals surface area (Å²) in [7, 11) is 0. The standard InChI is InChI=1S/C17H14BrFN2O3/c1-9(24-15-5-3-11(19)6-14(15)18)16(22)21-12-4-2-10-8-20-17(23)13(10)7-12/h2-7,9H,8H2,1H3,(H,20,23)(H,21,22). The third-order valence-electron chi connectivity index (χ3n) is 3.63. The van der Waals surface area contributed by atoms with Crippen molar-refractivity contribution in [2.45, 2.75) is 19.6 Å². The number of fused-ring (bicyclic) bond motifs is 1. The fraction of sp³-hybridized carbons (Fsp3) is 0.176. The maximum Gasteiger partial charge on any atom is 0.265 e. The summed E-state index contributed by atoms with van der Waals surface area (Å²) in [6.07, 6.45) is -0.797. The number of nitrogens with one attached hydrogen (secondary N) is 2. The van der Waals surface area contributed by atoms with Gasteiger partial charge in [0.25, 0.3) is 11.8 Å². The van der Waals surface area contributed by atoms with Gasteiger partial charge in [-0.1, -0.05) is 6.07 Å². The first kappa shape index (κ1) is 16.4. The van der Waals surface area contributed by atoms with Crippen LogP contribution in [0.4, 0.5) is 10.1 Å². The molecule has 24 heavy (non-hydrogen) atoms. The highest BCUT2D eigenvalue weighted by atomic mass is 79.9. The van der Waals surface area contributed by atoms with Crippen LogP contribution in [-0.4, -0.2) is 17.9 Å². The molecule has 0 radical (unpaired) electrons. The normalized spacial score (nSPS) is 13.9. The van der Waals surface area contributed by atoms with Gasteiger partial charge in [0.05, 0.1) is 4.47 Å². The van der Waals surface area contributed by atoms with Crippen molar-refractivity contribution in [1.29, 1.82) is 0 Å². The van der Waals surface area contributed by atoms with Gasteiger partial charge in [0.15, 0.2) is 6.10 Å². The fourth-order valence-electron chi connectivity index (χ4n) is 2.35. The second-order valence-electron chi connectivity index (χ2n) is 5.38. The van der Waals surface area contributed by atoms with Gasteiger partial charge in [-0.25, -0.2) is 4.39 Å². The minimum Gasteiger partial charge on any atom is -0.480 e. The zero-order valence-electron chi connectivity index (χ0n) is 12.7. The van der Waals surface area contributed by atoms with Crippen LogP contribution in [0, 0.1) is 5.82 Å². The number of halogens is 2. The Morgan fingerprint density at radius 3 is 2.88 bits per heavy atom. The number of rotatable bonds is 4. The van der Waals surface area contributed by atoms with E-state index in [9.17, 15) is 14.0 Å². The van der Waals surface area contributed by atoms with Gasteiger partial charge in [-0.3, -0.25) is 9.59 Å². The predicted molar refractivity (Wildman–Crippen MR) is 90.4 cm³/mol. The topological polar surface area (TPSA) is 67.4 Å². The molecule has 0 aliphatic carbocycles. The molecule has 124 valence electrons. The van der Waals surface area contributed by atoms with Gasteiger partial charge in [0.2, 0.25) is 0 Å². The molecule has 3 rings (SSSR count). The Morgan fingerprint density at radius 2 is 2.12 bits per heavy atom. The lowest BCUT2D eigenvalue weighted by Crippen LogP contribution is -2.30. The van der Waals surface area contributed by atoms with Crippen molar-refractivity contribution in [3.05, 3.63) is 57.8 Å². The van der Waals surface area contributed by atoms with Crippen LogP contribution < -0.4 is 15.4 Å². The Bertz CT molecular complexity index is 825. The molecule has 1 aliphatic rings. The fourth-order valence-corrected chi connectivity index (χ4v) is 2.79. The number of hydrogen-bond donors (Lipinski definition) is 2. The predicted octanol–water partition coefficient (Wildman–Crippen LogP) is 3.24. The van der Waals surface area contributed by atoms with Gasteiger partial charge in [0, 0.05) is 17.8 Å². The van der Waals surface area contributed by atoms with Gasteiger partial charge in [-0.15, -0.1) is 0 Å². The summed E-state index contributed by atoms with van der Waals surface area (Å²) in [6, 6.07) is 9.13. The molecular weight excluding hydrogens is 379 g/mol. The van der Waals surface area contributed by atoms with Gasteiger partial charge < -0.3 is 15.4 Å². The molecule has 1 unspecified atom stereocenters. The Balaban J connectivity index is 1.68. The quantitative estimate of drug-likeness (QED) is 0.838. The molecule has 0 fully saturated rings. The highest BCUT2D eigenvalue weighted by molar-refractivity contribution is 9.10. The summed E-state index contributed by atoms with van der Waals surface area (Å²) >= 11 is 3.19. The van der Waals surface area contributed by atoms with Crippen LogP contribution in [0.15, 0.2) is 40.9 Å². The van der Waals surface area contributed by atoms with Crippen molar-refractivity contribution in [1.82, 2.24) is 5.32 Å². The van der Waals surface area contributed by atoms with E-state index in [1.807, 2.05) is 0 Å². The Morgan fingerprint density at radius 1 is 1.33 bits per heavy atom. The number of carbonyl (C=O) groups excluding carboxylic acids is 2. The maximum atomic E-state index is 13.1. The summed E-state index contributed by atoms with van der Waals surface area (Å²) in [5, 5.41) is 5.43. The summed E-state index contributed by atoms with van der Waals surface area (Å²) in [4.78, 5) is 23.9. The Kier molecular flexibility index (Phi) is 4.53. The third kappa shape index (κ3) is 3.41. The lowest BCUT2D eigenvalue weighted by molar-refractivity contribution is -0.122. The Labute approximate surface area is 146 Å². The number of amides is 2. The zero-order valence-corrected chi connectivity index (χ0v) is 14.3. The summed E-state index contributed by atoms with van der Waals surface area (Å²) in [5.74, 6) is -0.555. The van der Waals surface area contributed by atoms with Gasteiger partial charge >= 0.3 is 0 Å². The first-order valence-electron chi connectivity index (χ1n) is 7.28. The van der Waals surface area contributed by atoms with Crippen molar-refractivity contribution in [2.75, 3.05) is 5.32 Å². The van der Waals surface area contributed by atoms with E-state index in [0.29, 0.717) is 28.0 Å². The largest absolute Gasteiger partial charge is 0.480 e. The van der Waals surface area contributed by atoms with Gasteiger partial charge in [-0.05, 0) is 58.7 Å². The molecule has 2 aromatic carbocycles. The molecule has 1 atom stereocenters. The minimum atomic E-state index is -0.797. The number of anilines is 1. The molecule has 0 saturated carbocycles. The first-order chi connectivity index (χ1) is 11.4. The zero-order chi connectivity index (χ0) is 17.3. The molecular formula is C17H14BrFN2O3. The lowest BCUT2D eigenvalue weighted by atomic mass is 10.1. The lowest BCUT2D eigenvalue weighted by Gasteiger charge is -2.16. The SMILES string of the molecule is CC(Oc1ccc(F)cc1Br)C(=O)Nc1ccc2c(c1)C(=O)NC2. The van der Waals surface area contributed by atoms with E-state index >= 15 is 0 Å². The van der Waals surface area contributed by atoms with Crippen LogP contribution in [0.25, 0.3) is 0 Å².